The van der Waals surface area contributed by atoms with Crippen molar-refractivity contribution in [2.45, 2.75) is 45.1 Å². The van der Waals surface area contributed by atoms with Crippen LogP contribution in [0.2, 0.25) is 0 Å². The zero-order valence-electron chi connectivity index (χ0n) is 19.6. The Kier molecular flexibility index (Phi) is 6.95. The molecule has 2 aliphatic rings. The SMILES string of the molecule is CCCCC(NC(=O)c1ccc2c(c1)C(=O)N(C)C2=O)C(=O)Nc1cccc(N2CCCC2)c1. The molecule has 34 heavy (non-hydrogen) atoms. The third-order valence-corrected chi connectivity index (χ3v) is 6.40. The molecule has 2 aromatic carbocycles. The molecule has 1 atom stereocenters. The van der Waals surface area contributed by atoms with Gasteiger partial charge in [-0.2, -0.15) is 0 Å². The van der Waals surface area contributed by atoms with Crippen LogP contribution >= 0.6 is 0 Å². The van der Waals surface area contributed by atoms with Gasteiger partial charge >= 0.3 is 0 Å². The molecule has 8 nitrogen and oxygen atoms in total. The summed E-state index contributed by atoms with van der Waals surface area (Å²) in [4.78, 5) is 53.8. The summed E-state index contributed by atoms with van der Waals surface area (Å²) in [7, 11) is 1.41. The monoisotopic (exact) mass is 462 g/mol. The highest BCUT2D eigenvalue weighted by Gasteiger charge is 2.33. The minimum atomic E-state index is -0.726. The van der Waals surface area contributed by atoms with Crippen LogP contribution in [0.1, 0.15) is 70.1 Å². The zero-order valence-corrected chi connectivity index (χ0v) is 19.6. The second-order valence-electron chi connectivity index (χ2n) is 8.83. The fourth-order valence-electron chi connectivity index (χ4n) is 4.41. The van der Waals surface area contributed by atoms with Crippen LogP contribution < -0.4 is 15.5 Å². The van der Waals surface area contributed by atoms with Gasteiger partial charge in [0.05, 0.1) is 11.1 Å². The normalized spacial score (nSPS) is 15.9. The minimum absolute atomic E-state index is 0.202. The smallest absolute Gasteiger partial charge is 0.261 e. The van der Waals surface area contributed by atoms with E-state index in [1.807, 2.05) is 31.2 Å². The van der Waals surface area contributed by atoms with E-state index in [1.165, 1.54) is 38.1 Å². The number of nitrogens with one attached hydrogen (secondary N) is 2. The van der Waals surface area contributed by atoms with E-state index in [9.17, 15) is 19.2 Å². The molecule has 0 bridgehead atoms. The molecule has 4 amide bonds. The first-order valence-corrected chi connectivity index (χ1v) is 11.8. The Morgan fingerprint density at radius 3 is 2.47 bits per heavy atom. The molecule has 4 rings (SSSR count). The van der Waals surface area contributed by atoms with E-state index >= 15 is 0 Å². The molecule has 178 valence electrons. The fourth-order valence-corrected chi connectivity index (χ4v) is 4.41. The molecule has 2 N–H and O–H groups in total. The first-order chi connectivity index (χ1) is 16.4. The quantitative estimate of drug-likeness (QED) is 0.586. The lowest BCUT2D eigenvalue weighted by atomic mass is 10.0. The number of rotatable bonds is 8. The number of unbranched alkanes of at least 4 members (excludes halogenated alkanes) is 1. The number of amides is 4. The van der Waals surface area contributed by atoms with Crippen LogP contribution in [0.25, 0.3) is 0 Å². The first kappa shape index (κ1) is 23.5. The van der Waals surface area contributed by atoms with Gasteiger partial charge in [0.1, 0.15) is 6.04 Å². The molecule has 0 radical (unpaired) electrons. The van der Waals surface area contributed by atoms with Crippen LogP contribution in [-0.2, 0) is 4.79 Å². The van der Waals surface area contributed by atoms with Gasteiger partial charge in [-0.15, -0.1) is 0 Å². The molecule has 1 saturated heterocycles. The first-order valence-electron chi connectivity index (χ1n) is 11.8. The van der Waals surface area contributed by atoms with E-state index in [-0.39, 0.29) is 28.5 Å². The van der Waals surface area contributed by atoms with E-state index in [4.69, 9.17) is 0 Å². The predicted octanol–water partition coefficient (Wildman–Crippen LogP) is 3.44. The van der Waals surface area contributed by atoms with E-state index < -0.39 is 17.9 Å². The molecule has 0 aromatic heterocycles. The molecule has 0 spiro atoms. The number of hydrogen-bond acceptors (Lipinski definition) is 5. The Bertz CT molecular complexity index is 1120. The summed E-state index contributed by atoms with van der Waals surface area (Å²) in [5.41, 5.74) is 2.48. The molecule has 2 aliphatic heterocycles. The third-order valence-electron chi connectivity index (χ3n) is 6.40. The van der Waals surface area contributed by atoms with Crippen molar-refractivity contribution < 1.29 is 19.2 Å². The molecular weight excluding hydrogens is 432 g/mol. The van der Waals surface area contributed by atoms with Crippen LogP contribution in [-0.4, -0.2) is 54.7 Å². The van der Waals surface area contributed by atoms with Crippen molar-refractivity contribution in [3.8, 4) is 0 Å². The van der Waals surface area contributed by atoms with Crippen molar-refractivity contribution in [2.24, 2.45) is 0 Å². The van der Waals surface area contributed by atoms with E-state index in [1.54, 1.807) is 0 Å². The number of anilines is 2. The maximum absolute atomic E-state index is 13.1. The van der Waals surface area contributed by atoms with Gasteiger partial charge < -0.3 is 15.5 Å². The van der Waals surface area contributed by atoms with Crippen molar-refractivity contribution in [3.63, 3.8) is 0 Å². The van der Waals surface area contributed by atoms with Gasteiger partial charge in [-0.05, 0) is 55.7 Å². The molecule has 2 heterocycles. The van der Waals surface area contributed by atoms with Crippen molar-refractivity contribution >= 4 is 35.0 Å². The van der Waals surface area contributed by atoms with Gasteiger partial charge in [-0.3, -0.25) is 24.1 Å². The number of carbonyl (C=O) groups excluding carboxylic acids is 4. The minimum Gasteiger partial charge on any atom is -0.371 e. The molecule has 8 heteroatoms. The number of hydrogen-bond donors (Lipinski definition) is 2. The third kappa shape index (κ3) is 4.81. The lowest BCUT2D eigenvalue weighted by molar-refractivity contribution is -0.118. The van der Waals surface area contributed by atoms with Crippen LogP contribution in [0.3, 0.4) is 0 Å². The van der Waals surface area contributed by atoms with Gasteiger partial charge in [-0.1, -0.05) is 25.8 Å². The summed E-state index contributed by atoms with van der Waals surface area (Å²) in [5.74, 6) is -1.57. The lowest BCUT2D eigenvalue weighted by Gasteiger charge is -2.21. The molecule has 1 fully saturated rings. The van der Waals surface area contributed by atoms with Gasteiger partial charge in [0, 0.05) is 37.1 Å². The number of carbonyl (C=O) groups is 4. The molecule has 0 saturated carbocycles. The van der Waals surface area contributed by atoms with Gasteiger partial charge in [0.15, 0.2) is 0 Å². The van der Waals surface area contributed by atoms with Crippen molar-refractivity contribution in [2.75, 3.05) is 30.4 Å². The maximum Gasteiger partial charge on any atom is 0.261 e. The number of benzene rings is 2. The van der Waals surface area contributed by atoms with E-state index in [2.05, 4.69) is 15.5 Å². The summed E-state index contributed by atoms with van der Waals surface area (Å²) in [6, 6.07) is 11.4. The molecule has 0 aliphatic carbocycles. The highest BCUT2D eigenvalue weighted by Crippen LogP contribution is 2.24. The Morgan fingerprint density at radius 1 is 1.00 bits per heavy atom. The second-order valence-corrected chi connectivity index (χ2v) is 8.83. The van der Waals surface area contributed by atoms with E-state index in [0.717, 1.165) is 36.5 Å². The van der Waals surface area contributed by atoms with Crippen LogP contribution in [0.5, 0.6) is 0 Å². The summed E-state index contributed by atoms with van der Waals surface area (Å²) in [6.45, 7) is 4.05. The Morgan fingerprint density at radius 2 is 1.74 bits per heavy atom. The summed E-state index contributed by atoms with van der Waals surface area (Å²) >= 11 is 0. The highest BCUT2D eigenvalue weighted by molar-refractivity contribution is 6.21. The lowest BCUT2D eigenvalue weighted by Crippen LogP contribution is -2.43. The van der Waals surface area contributed by atoms with Crippen molar-refractivity contribution in [1.82, 2.24) is 10.2 Å². The zero-order chi connectivity index (χ0) is 24.2. The number of imide groups is 1. The van der Waals surface area contributed by atoms with Gasteiger partial charge in [0.25, 0.3) is 17.7 Å². The van der Waals surface area contributed by atoms with Crippen LogP contribution in [0.15, 0.2) is 42.5 Å². The van der Waals surface area contributed by atoms with Gasteiger partial charge in [-0.25, -0.2) is 0 Å². The topological polar surface area (TPSA) is 98.8 Å². The van der Waals surface area contributed by atoms with Crippen LogP contribution in [0, 0.1) is 0 Å². The average molecular weight is 463 g/mol. The number of nitrogens with zero attached hydrogens (tertiary/aromatic N) is 2. The summed E-state index contributed by atoms with van der Waals surface area (Å²) in [6.07, 6.45) is 4.48. The van der Waals surface area contributed by atoms with Crippen LogP contribution in [0.4, 0.5) is 11.4 Å². The van der Waals surface area contributed by atoms with E-state index in [0.29, 0.717) is 12.1 Å². The molecule has 2 aromatic rings. The summed E-state index contributed by atoms with van der Waals surface area (Å²) in [5, 5.41) is 5.76. The molecular formula is C26H30N4O4. The Labute approximate surface area is 199 Å². The van der Waals surface area contributed by atoms with Crippen molar-refractivity contribution in [3.05, 3.63) is 59.2 Å². The molecule has 1 unspecified atom stereocenters. The highest BCUT2D eigenvalue weighted by atomic mass is 16.2. The summed E-state index contributed by atoms with van der Waals surface area (Å²) < 4.78 is 0. The predicted molar refractivity (Wildman–Crippen MR) is 130 cm³/mol. The Balaban J connectivity index is 1.47. The second kappa shape index (κ2) is 10.1. The average Bonchev–Trinajstić information content (AvgIpc) is 3.46. The van der Waals surface area contributed by atoms with Crippen molar-refractivity contribution in [1.29, 1.82) is 0 Å². The fraction of sp³-hybridized carbons (Fsp3) is 0.385. The number of fused-ring (bicyclic) bond motifs is 1. The largest absolute Gasteiger partial charge is 0.371 e. The Hall–Kier alpha value is -3.68. The van der Waals surface area contributed by atoms with Gasteiger partial charge in [0.2, 0.25) is 5.91 Å². The maximum atomic E-state index is 13.1. The standard InChI is InChI=1S/C26H30N4O4/c1-3-4-10-22(24(32)27-18-8-7-9-19(16-18)30-13-5-6-14-30)28-23(31)17-11-12-20-21(15-17)26(34)29(2)25(20)33/h7-9,11-12,15-16,22H,3-6,10,13-14H2,1-2H3,(H,27,32)(H,28,31).